The second-order valence-electron chi connectivity index (χ2n) is 7.38. The van der Waals surface area contributed by atoms with E-state index < -0.39 is 17.9 Å². The predicted octanol–water partition coefficient (Wildman–Crippen LogP) is 4.09. The lowest BCUT2D eigenvalue weighted by Crippen LogP contribution is -2.28. The Morgan fingerprint density at radius 1 is 1.12 bits per heavy atom. The monoisotopic (exact) mass is 458 g/mol. The fourth-order valence-electron chi connectivity index (χ4n) is 4.04. The lowest BCUT2D eigenvalue weighted by Gasteiger charge is -2.13. The Hall–Kier alpha value is -4.24. The number of nitrogens with zero attached hydrogens (tertiary/aromatic N) is 3. The van der Waals surface area contributed by atoms with E-state index in [9.17, 15) is 14.7 Å². The number of amides is 1. The summed E-state index contributed by atoms with van der Waals surface area (Å²) in [4.78, 5) is 28.7. The fourth-order valence-corrected chi connectivity index (χ4v) is 4.76. The van der Waals surface area contributed by atoms with Gasteiger partial charge in [-0.3, -0.25) is 4.79 Å². The van der Waals surface area contributed by atoms with Crippen molar-refractivity contribution < 1.29 is 19.4 Å². The van der Waals surface area contributed by atoms with Crippen LogP contribution in [-0.4, -0.2) is 38.9 Å². The summed E-state index contributed by atoms with van der Waals surface area (Å²) < 4.78 is 7.05. The number of hydrogen-bond acceptors (Lipinski definition) is 6. The number of nitrogens with two attached hydrogens (primary N) is 1. The molecule has 0 fully saturated rings. The van der Waals surface area contributed by atoms with Gasteiger partial charge >= 0.3 is 5.97 Å². The van der Waals surface area contributed by atoms with E-state index in [1.54, 1.807) is 17.6 Å². The molecule has 8 nitrogen and oxygen atoms in total. The number of ether oxygens (including phenoxy) is 1. The molecule has 1 amide bonds. The van der Waals surface area contributed by atoms with Crippen molar-refractivity contribution in [2.45, 2.75) is 6.04 Å². The summed E-state index contributed by atoms with van der Waals surface area (Å²) in [5, 5.41) is 19.3. The van der Waals surface area contributed by atoms with Crippen LogP contribution in [0.25, 0.3) is 32.9 Å². The Labute approximate surface area is 191 Å². The van der Waals surface area contributed by atoms with Crippen LogP contribution >= 0.6 is 11.3 Å². The van der Waals surface area contributed by atoms with Crippen LogP contribution in [0, 0.1) is 0 Å². The minimum Gasteiger partial charge on any atom is -0.495 e. The first-order valence-corrected chi connectivity index (χ1v) is 10.9. The number of fused-ring (bicyclic) bond motifs is 2. The number of thiazole rings is 1. The molecule has 0 bridgehead atoms. The van der Waals surface area contributed by atoms with Gasteiger partial charge in [0.15, 0.2) is 6.04 Å². The topological polar surface area (TPSA) is 120 Å². The lowest BCUT2D eigenvalue weighted by molar-refractivity contribution is -0.120. The number of benzene rings is 3. The third-order valence-corrected chi connectivity index (χ3v) is 6.31. The van der Waals surface area contributed by atoms with Crippen LogP contribution < -0.4 is 10.5 Å². The maximum Gasteiger partial charge on any atom is 0.339 e. The fraction of sp³-hybridized carbons (Fsp3) is 0.0833. The molecule has 164 valence electrons. The van der Waals surface area contributed by atoms with Crippen LogP contribution in [0.4, 0.5) is 0 Å². The highest BCUT2D eigenvalue weighted by Crippen LogP contribution is 2.40. The molecule has 3 aromatic carbocycles. The maximum absolute atomic E-state index is 12.5. The first-order valence-electron chi connectivity index (χ1n) is 10.00. The number of carbonyl (C=O) groups is 2. The molecule has 0 aliphatic carbocycles. The SMILES string of the molecule is COc1c(C(=O)O)ccc2c1c(-c1ccc3ccccc3c1)nn2C(C(N)=O)c1nccs1. The Kier molecular flexibility index (Phi) is 5.02. The van der Waals surface area contributed by atoms with Gasteiger partial charge < -0.3 is 15.6 Å². The van der Waals surface area contributed by atoms with Crippen molar-refractivity contribution in [2.24, 2.45) is 5.73 Å². The number of methoxy groups -OCH3 is 1. The van der Waals surface area contributed by atoms with Gasteiger partial charge in [0.05, 0.1) is 18.0 Å². The summed E-state index contributed by atoms with van der Waals surface area (Å²) in [7, 11) is 1.41. The second-order valence-corrected chi connectivity index (χ2v) is 8.30. The van der Waals surface area contributed by atoms with E-state index in [2.05, 4.69) is 4.98 Å². The van der Waals surface area contributed by atoms with Gasteiger partial charge in [-0.1, -0.05) is 36.4 Å². The molecule has 0 saturated heterocycles. The molecule has 0 aliphatic rings. The van der Waals surface area contributed by atoms with Crippen molar-refractivity contribution in [1.29, 1.82) is 0 Å². The second kappa shape index (κ2) is 8.03. The Bertz CT molecular complexity index is 1520. The average molecular weight is 458 g/mol. The summed E-state index contributed by atoms with van der Waals surface area (Å²) >= 11 is 1.29. The molecule has 2 aromatic heterocycles. The molecule has 3 N–H and O–H groups in total. The summed E-state index contributed by atoms with van der Waals surface area (Å²) in [5.74, 6) is -1.59. The van der Waals surface area contributed by atoms with Gasteiger partial charge in [0.2, 0.25) is 5.91 Å². The van der Waals surface area contributed by atoms with Gasteiger partial charge in [-0.05, 0) is 29.0 Å². The van der Waals surface area contributed by atoms with Crippen LogP contribution in [0.3, 0.4) is 0 Å². The molecule has 1 unspecified atom stereocenters. The highest BCUT2D eigenvalue weighted by Gasteiger charge is 2.30. The Morgan fingerprint density at radius 2 is 1.91 bits per heavy atom. The van der Waals surface area contributed by atoms with Crippen LogP contribution in [-0.2, 0) is 4.79 Å². The maximum atomic E-state index is 12.5. The van der Waals surface area contributed by atoms with Gasteiger partial charge in [0.1, 0.15) is 22.0 Å². The minimum atomic E-state index is -1.13. The number of aromatic carboxylic acids is 1. The smallest absolute Gasteiger partial charge is 0.339 e. The minimum absolute atomic E-state index is 0.00328. The summed E-state index contributed by atoms with van der Waals surface area (Å²) in [6, 6.07) is 15.8. The number of aromatic nitrogens is 3. The number of carboxylic acids is 1. The van der Waals surface area contributed by atoms with Crippen molar-refractivity contribution in [3.05, 3.63) is 76.7 Å². The molecule has 0 saturated carbocycles. The zero-order chi connectivity index (χ0) is 23.1. The molecule has 5 aromatic rings. The van der Waals surface area contributed by atoms with Crippen LogP contribution in [0.5, 0.6) is 5.75 Å². The number of primary amides is 1. The number of rotatable bonds is 6. The largest absolute Gasteiger partial charge is 0.495 e. The van der Waals surface area contributed by atoms with Crippen LogP contribution in [0.1, 0.15) is 21.4 Å². The van der Waals surface area contributed by atoms with Crippen molar-refractivity contribution in [3.8, 4) is 17.0 Å². The molecular weight excluding hydrogens is 440 g/mol. The molecule has 0 spiro atoms. The van der Waals surface area contributed by atoms with Crippen molar-refractivity contribution in [3.63, 3.8) is 0 Å². The van der Waals surface area contributed by atoms with E-state index in [4.69, 9.17) is 15.6 Å². The van der Waals surface area contributed by atoms with E-state index in [1.807, 2.05) is 42.5 Å². The van der Waals surface area contributed by atoms with E-state index in [1.165, 1.54) is 29.2 Å². The molecule has 5 rings (SSSR count). The van der Waals surface area contributed by atoms with Gasteiger partial charge in [0.25, 0.3) is 0 Å². The summed E-state index contributed by atoms with van der Waals surface area (Å²) in [5.41, 5.74) is 7.51. The Balaban J connectivity index is 1.86. The zero-order valence-corrected chi connectivity index (χ0v) is 18.2. The number of hydrogen-bond donors (Lipinski definition) is 2. The van der Waals surface area contributed by atoms with Crippen molar-refractivity contribution in [1.82, 2.24) is 14.8 Å². The van der Waals surface area contributed by atoms with E-state index in [-0.39, 0.29) is 11.3 Å². The van der Waals surface area contributed by atoms with Crippen LogP contribution in [0.15, 0.2) is 66.2 Å². The third kappa shape index (κ3) is 3.39. The van der Waals surface area contributed by atoms with E-state index >= 15 is 0 Å². The van der Waals surface area contributed by atoms with E-state index in [0.717, 1.165) is 16.3 Å². The number of carbonyl (C=O) groups excluding carboxylic acids is 1. The lowest BCUT2D eigenvalue weighted by atomic mass is 10.0. The van der Waals surface area contributed by atoms with Crippen LogP contribution in [0.2, 0.25) is 0 Å². The first-order chi connectivity index (χ1) is 16.0. The van der Waals surface area contributed by atoms with Gasteiger partial charge in [-0.25, -0.2) is 14.5 Å². The molecular formula is C24H18N4O4S. The zero-order valence-electron chi connectivity index (χ0n) is 17.4. The number of carboxylic acid groups (broad SMARTS) is 1. The first kappa shape index (κ1) is 20.7. The van der Waals surface area contributed by atoms with Gasteiger partial charge in [-0.2, -0.15) is 5.10 Å². The van der Waals surface area contributed by atoms with Crippen molar-refractivity contribution in [2.75, 3.05) is 7.11 Å². The molecule has 33 heavy (non-hydrogen) atoms. The standard InChI is InChI=1S/C24H18N4O4S/c1-32-21-16(24(30)31)8-9-17-18(21)19(15-7-6-13-4-2-3-5-14(13)12-15)27-28(17)20(22(25)29)23-26-10-11-33-23/h2-12,20H,1H3,(H2,25,29)(H,30,31). The molecule has 9 heteroatoms. The van der Waals surface area contributed by atoms with Gasteiger partial charge in [-0.15, -0.1) is 11.3 Å². The highest BCUT2D eigenvalue weighted by atomic mass is 32.1. The normalized spacial score (nSPS) is 12.2. The Morgan fingerprint density at radius 3 is 2.58 bits per heavy atom. The summed E-state index contributed by atoms with van der Waals surface area (Å²) in [6.45, 7) is 0. The quantitative estimate of drug-likeness (QED) is 0.395. The van der Waals surface area contributed by atoms with Crippen molar-refractivity contribution >= 4 is 44.9 Å². The van der Waals surface area contributed by atoms with Gasteiger partial charge in [0, 0.05) is 17.1 Å². The third-order valence-electron chi connectivity index (χ3n) is 5.48. The summed E-state index contributed by atoms with van der Waals surface area (Å²) in [6.07, 6.45) is 1.59. The van der Waals surface area contributed by atoms with E-state index in [0.29, 0.717) is 21.6 Å². The highest BCUT2D eigenvalue weighted by molar-refractivity contribution is 7.09. The molecule has 0 radical (unpaired) electrons. The average Bonchev–Trinajstić information content (AvgIpc) is 3.47. The predicted molar refractivity (Wildman–Crippen MR) is 126 cm³/mol. The molecule has 0 aliphatic heterocycles. The molecule has 2 heterocycles. The molecule has 1 atom stereocenters.